The summed E-state index contributed by atoms with van der Waals surface area (Å²) in [6, 6.07) is 6.13. The molecule has 0 amide bonds. The van der Waals surface area contributed by atoms with Gasteiger partial charge in [0.1, 0.15) is 0 Å². The molecule has 1 atom stereocenters. The van der Waals surface area contributed by atoms with Gasteiger partial charge in [0.15, 0.2) is 0 Å². The Morgan fingerprint density at radius 3 is 2.47 bits per heavy atom. The van der Waals surface area contributed by atoms with Gasteiger partial charge < -0.3 is 10.6 Å². The molecule has 0 fully saturated rings. The third-order valence-corrected chi connectivity index (χ3v) is 3.57. The summed E-state index contributed by atoms with van der Waals surface area (Å²) >= 11 is 0. The summed E-state index contributed by atoms with van der Waals surface area (Å²) in [5.74, 6) is 0. The topological polar surface area (TPSA) is 58.4 Å². The molecule has 0 aliphatic carbocycles. The molecule has 1 rings (SSSR count). The van der Waals surface area contributed by atoms with Gasteiger partial charge in [-0.3, -0.25) is 0 Å². The number of nitrogen functional groups attached to an aromatic ring is 1. The van der Waals surface area contributed by atoms with E-state index < -0.39 is 11.0 Å². The Labute approximate surface area is 124 Å². The van der Waals surface area contributed by atoms with Gasteiger partial charge in [-0.05, 0) is 44.0 Å². The molecule has 0 heterocycles. The molecule has 0 saturated heterocycles. The summed E-state index contributed by atoms with van der Waals surface area (Å²) in [6.45, 7) is 6.92. The van der Waals surface area contributed by atoms with Gasteiger partial charge in [-0.15, -0.1) is 12.4 Å². The molecule has 0 saturated carbocycles. The minimum absolute atomic E-state index is 0. The first-order valence-corrected chi connectivity index (χ1v) is 7.84. The van der Waals surface area contributed by atoms with Gasteiger partial charge in [-0.1, -0.05) is 0 Å². The highest BCUT2D eigenvalue weighted by atomic mass is 35.5. The molecule has 0 aliphatic rings. The van der Waals surface area contributed by atoms with E-state index in [0.717, 1.165) is 30.8 Å². The highest BCUT2D eigenvalue weighted by molar-refractivity contribution is 7.82. The largest absolute Gasteiger partial charge is 0.399 e. The Bertz CT molecular complexity index is 411. The Hall–Kier alpha value is -0.780. The third-order valence-electron chi connectivity index (χ3n) is 2.95. The number of rotatable bonds is 7. The number of hydrogen-bond donors (Lipinski definition) is 2. The molecular formula is C13H24ClN3OS. The number of nitrogens with one attached hydrogen (secondary N) is 1. The van der Waals surface area contributed by atoms with Crippen LogP contribution in [-0.2, 0) is 17.4 Å². The quantitative estimate of drug-likeness (QED) is 0.757. The molecule has 4 nitrogen and oxygen atoms in total. The van der Waals surface area contributed by atoms with Crippen molar-refractivity contribution in [1.82, 2.24) is 4.72 Å². The first kappa shape index (κ1) is 18.2. The number of nitrogens with zero attached hydrogens (tertiary/aromatic N) is 1. The molecular weight excluding hydrogens is 282 g/mol. The number of anilines is 2. The van der Waals surface area contributed by atoms with E-state index in [-0.39, 0.29) is 12.4 Å². The van der Waals surface area contributed by atoms with Gasteiger partial charge in [0.05, 0.1) is 11.0 Å². The zero-order valence-corrected chi connectivity index (χ0v) is 13.4. The minimum atomic E-state index is -0.964. The van der Waals surface area contributed by atoms with E-state index in [2.05, 4.69) is 35.6 Å². The van der Waals surface area contributed by atoms with Crippen LogP contribution in [-0.4, -0.2) is 30.1 Å². The van der Waals surface area contributed by atoms with Crippen molar-refractivity contribution < 1.29 is 4.21 Å². The summed E-state index contributed by atoms with van der Waals surface area (Å²) in [5, 5.41) is 0. The lowest BCUT2D eigenvalue weighted by molar-refractivity contribution is 0.676. The average Bonchev–Trinajstić information content (AvgIpc) is 2.34. The maximum atomic E-state index is 10.9. The molecule has 0 aliphatic heterocycles. The number of halogens is 1. The first-order chi connectivity index (χ1) is 8.58. The van der Waals surface area contributed by atoms with Gasteiger partial charge in [-0.2, -0.15) is 0 Å². The van der Waals surface area contributed by atoms with Crippen molar-refractivity contribution in [3.05, 3.63) is 23.8 Å². The maximum absolute atomic E-state index is 10.9. The van der Waals surface area contributed by atoms with Crippen LogP contribution < -0.4 is 15.4 Å². The van der Waals surface area contributed by atoms with E-state index in [1.165, 1.54) is 5.69 Å². The Balaban J connectivity index is 0.00000324. The van der Waals surface area contributed by atoms with Crippen LogP contribution in [0, 0.1) is 0 Å². The zero-order valence-electron chi connectivity index (χ0n) is 11.8. The highest BCUT2D eigenvalue weighted by Gasteiger charge is 2.06. The van der Waals surface area contributed by atoms with Crippen LogP contribution >= 0.6 is 12.4 Å². The van der Waals surface area contributed by atoms with Crippen LogP contribution in [0.5, 0.6) is 0 Å². The average molecular weight is 306 g/mol. The molecule has 1 aromatic rings. The van der Waals surface area contributed by atoms with E-state index in [4.69, 9.17) is 5.73 Å². The molecule has 1 aromatic carbocycles. The zero-order chi connectivity index (χ0) is 13.5. The fourth-order valence-electron chi connectivity index (χ4n) is 1.92. The summed E-state index contributed by atoms with van der Waals surface area (Å²) in [7, 11) is -0.964. The molecule has 3 N–H and O–H groups in total. The normalized spacial score (nSPS) is 11.7. The third kappa shape index (κ3) is 5.80. The lowest BCUT2D eigenvalue weighted by Gasteiger charge is -2.22. The number of hydrogen-bond acceptors (Lipinski definition) is 3. The van der Waals surface area contributed by atoms with Crippen LogP contribution in [0.1, 0.15) is 19.4 Å². The summed E-state index contributed by atoms with van der Waals surface area (Å²) < 4.78 is 13.8. The van der Waals surface area contributed by atoms with Crippen molar-refractivity contribution in [3.8, 4) is 0 Å². The van der Waals surface area contributed by atoms with E-state index in [1.54, 1.807) is 6.26 Å². The first-order valence-electron chi connectivity index (χ1n) is 6.28. The second kappa shape index (κ2) is 9.18. The molecule has 0 aromatic heterocycles. The highest BCUT2D eigenvalue weighted by Crippen LogP contribution is 2.21. The van der Waals surface area contributed by atoms with E-state index in [1.807, 2.05) is 6.07 Å². The minimum Gasteiger partial charge on any atom is -0.399 e. The molecule has 0 spiro atoms. The lowest BCUT2D eigenvalue weighted by Crippen LogP contribution is -2.22. The smallest absolute Gasteiger partial charge is 0.0883 e. The van der Waals surface area contributed by atoms with E-state index >= 15 is 0 Å². The second-order valence-electron chi connectivity index (χ2n) is 4.15. The Morgan fingerprint density at radius 1 is 1.32 bits per heavy atom. The van der Waals surface area contributed by atoms with Crippen LogP contribution in [0.3, 0.4) is 0 Å². The molecule has 110 valence electrons. The van der Waals surface area contributed by atoms with Gasteiger partial charge >= 0.3 is 0 Å². The summed E-state index contributed by atoms with van der Waals surface area (Å²) in [5.41, 5.74) is 9.07. The van der Waals surface area contributed by atoms with Crippen molar-refractivity contribution in [2.24, 2.45) is 0 Å². The molecule has 0 bridgehead atoms. The predicted molar refractivity (Wildman–Crippen MR) is 87.4 cm³/mol. The predicted octanol–water partition coefficient (Wildman–Crippen LogP) is 1.96. The van der Waals surface area contributed by atoms with Crippen molar-refractivity contribution in [2.75, 3.05) is 36.5 Å². The Morgan fingerprint density at radius 2 is 1.95 bits per heavy atom. The van der Waals surface area contributed by atoms with Crippen LogP contribution in [0.2, 0.25) is 0 Å². The number of benzene rings is 1. The van der Waals surface area contributed by atoms with Gasteiger partial charge in [0, 0.05) is 37.3 Å². The molecule has 0 radical (unpaired) electrons. The van der Waals surface area contributed by atoms with Gasteiger partial charge in [0.2, 0.25) is 0 Å². The fourth-order valence-corrected chi connectivity index (χ4v) is 2.31. The standard InChI is InChI=1S/C13H23N3OS.ClH/c1-4-16(5-2)12-6-7-13(14)11(10-12)8-9-15-18(3)17;/h6-7,10,15H,4-5,8-9,14H2,1-3H3;1H. The second-order valence-corrected chi connectivity index (χ2v) is 5.35. The summed E-state index contributed by atoms with van der Waals surface area (Å²) in [4.78, 5) is 2.29. The van der Waals surface area contributed by atoms with E-state index in [0.29, 0.717) is 6.54 Å². The monoisotopic (exact) mass is 305 g/mol. The van der Waals surface area contributed by atoms with Crippen LogP contribution in [0.4, 0.5) is 11.4 Å². The Kier molecular flexibility index (Phi) is 8.80. The molecule has 6 heteroatoms. The van der Waals surface area contributed by atoms with Crippen molar-refractivity contribution >= 4 is 34.8 Å². The van der Waals surface area contributed by atoms with Crippen molar-refractivity contribution in [1.29, 1.82) is 0 Å². The van der Waals surface area contributed by atoms with Gasteiger partial charge in [0.25, 0.3) is 0 Å². The summed E-state index contributed by atoms with van der Waals surface area (Å²) in [6.07, 6.45) is 2.43. The SMILES string of the molecule is CCN(CC)c1ccc(N)c(CCNS(C)=O)c1.Cl. The lowest BCUT2D eigenvalue weighted by atomic mass is 10.1. The van der Waals surface area contributed by atoms with Gasteiger partial charge in [-0.25, -0.2) is 8.93 Å². The van der Waals surface area contributed by atoms with Crippen LogP contribution in [0.15, 0.2) is 18.2 Å². The van der Waals surface area contributed by atoms with Crippen LogP contribution in [0.25, 0.3) is 0 Å². The number of nitrogens with two attached hydrogens (primary N) is 1. The molecule has 19 heavy (non-hydrogen) atoms. The van der Waals surface area contributed by atoms with E-state index in [9.17, 15) is 4.21 Å². The molecule has 1 unspecified atom stereocenters. The maximum Gasteiger partial charge on any atom is 0.0883 e. The van der Waals surface area contributed by atoms with Crippen molar-refractivity contribution in [2.45, 2.75) is 20.3 Å². The van der Waals surface area contributed by atoms with Crippen molar-refractivity contribution in [3.63, 3.8) is 0 Å². The fraction of sp³-hybridized carbons (Fsp3) is 0.538.